The molecule has 0 N–H and O–H groups in total. The Labute approximate surface area is 216 Å². The molecule has 0 unspecified atom stereocenters. The first-order valence-corrected chi connectivity index (χ1v) is 12.5. The molecule has 4 aromatic heterocycles. The van der Waals surface area contributed by atoms with Gasteiger partial charge in [0, 0.05) is 63.3 Å². The fraction of sp³-hybridized carbons (Fsp3) is 0.241. The Hall–Kier alpha value is -4.48. The van der Waals surface area contributed by atoms with Gasteiger partial charge >= 0.3 is 0 Å². The normalized spacial score (nSPS) is 14.2. The Bertz CT molecular complexity index is 1580. The molecule has 1 aliphatic heterocycles. The number of nitrogens with zero attached hydrogens (tertiary/aromatic N) is 8. The van der Waals surface area contributed by atoms with Crippen LogP contribution in [0.1, 0.15) is 16.8 Å². The highest BCUT2D eigenvalue weighted by Crippen LogP contribution is 2.30. The number of rotatable bonds is 5. The van der Waals surface area contributed by atoms with E-state index in [2.05, 4.69) is 75.3 Å². The van der Waals surface area contributed by atoms with Gasteiger partial charge in [0.1, 0.15) is 23.2 Å². The molecule has 5 aromatic rings. The molecule has 184 valence electrons. The maximum Gasteiger partial charge on any atom is 0.145 e. The maximum atomic E-state index is 9.68. The fourth-order valence-corrected chi connectivity index (χ4v) is 4.95. The number of imidazole rings is 1. The average Bonchev–Trinajstić information content (AvgIpc) is 3.56. The number of aromatic nitrogens is 5. The first-order chi connectivity index (χ1) is 18.1. The molecule has 1 fully saturated rings. The Morgan fingerprint density at radius 2 is 1.68 bits per heavy atom. The van der Waals surface area contributed by atoms with Crippen LogP contribution < -0.4 is 4.90 Å². The van der Waals surface area contributed by atoms with Crippen molar-refractivity contribution < 1.29 is 0 Å². The Balaban J connectivity index is 1.23. The molecule has 1 aliphatic rings. The number of hydrogen-bond acceptors (Lipinski definition) is 6. The van der Waals surface area contributed by atoms with Crippen LogP contribution in [-0.2, 0) is 13.6 Å². The van der Waals surface area contributed by atoms with Crippen LogP contribution in [0.3, 0.4) is 0 Å². The van der Waals surface area contributed by atoms with Crippen LogP contribution in [0.25, 0.3) is 28.0 Å². The number of nitriles is 1. The van der Waals surface area contributed by atoms with Gasteiger partial charge in [-0.3, -0.25) is 14.0 Å². The zero-order valence-electron chi connectivity index (χ0n) is 21.0. The summed E-state index contributed by atoms with van der Waals surface area (Å²) in [6, 6.07) is 19.3. The topological polar surface area (TPSA) is 78.3 Å². The SMILES string of the molecule is Cc1ccc(CN2CCN(c3ccc(-c4cc(-c5cnn(C)c5)cc5ncc(C#N)n45)cn3)CC2)cc1. The highest BCUT2D eigenvalue weighted by atomic mass is 15.3. The summed E-state index contributed by atoms with van der Waals surface area (Å²) in [6.07, 6.45) is 7.33. The van der Waals surface area contributed by atoms with E-state index in [-0.39, 0.29) is 0 Å². The van der Waals surface area contributed by atoms with E-state index >= 15 is 0 Å². The lowest BCUT2D eigenvalue weighted by atomic mass is 10.1. The lowest BCUT2D eigenvalue weighted by Gasteiger charge is -2.35. The first kappa shape index (κ1) is 23.0. The van der Waals surface area contributed by atoms with Gasteiger partial charge in [0.25, 0.3) is 0 Å². The second-order valence-corrected chi connectivity index (χ2v) is 9.63. The number of hydrogen-bond donors (Lipinski definition) is 0. The van der Waals surface area contributed by atoms with Crippen molar-refractivity contribution in [2.24, 2.45) is 7.05 Å². The Kier molecular flexibility index (Phi) is 5.91. The predicted octanol–water partition coefficient (Wildman–Crippen LogP) is 4.30. The second-order valence-electron chi connectivity index (χ2n) is 9.63. The van der Waals surface area contributed by atoms with Gasteiger partial charge in [0.05, 0.1) is 18.1 Å². The van der Waals surface area contributed by atoms with E-state index in [4.69, 9.17) is 4.98 Å². The molecular weight excluding hydrogens is 460 g/mol. The van der Waals surface area contributed by atoms with Gasteiger partial charge in [-0.25, -0.2) is 9.97 Å². The highest BCUT2D eigenvalue weighted by Gasteiger charge is 2.19. The van der Waals surface area contributed by atoms with Crippen molar-refractivity contribution in [3.05, 3.63) is 90.1 Å². The molecule has 37 heavy (non-hydrogen) atoms. The van der Waals surface area contributed by atoms with Gasteiger partial charge in [-0.2, -0.15) is 10.4 Å². The van der Waals surface area contributed by atoms with Gasteiger partial charge in [-0.1, -0.05) is 29.8 Å². The third-order valence-electron chi connectivity index (χ3n) is 7.03. The van der Waals surface area contributed by atoms with Crippen LogP contribution in [0.5, 0.6) is 0 Å². The molecule has 8 nitrogen and oxygen atoms in total. The number of anilines is 1. The molecule has 0 amide bonds. The maximum absolute atomic E-state index is 9.68. The molecule has 0 bridgehead atoms. The number of pyridine rings is 2. The average molecular weight is 489 g/mol. The molecule has 1 saturated heterocycles. The zero-order valence-corrected chi connectivity index (χ0v) is 21.0. The quantitative estimate of drug-likeness (QED) is 0.367. The molecule has 5 heterocycles. The molecule has 0 radical (unpaired) electrons. The van der Waals surface area contributed by atoms with Crippen LogP contribution in [0.15, 0.2) is 73.3 Å². The minimum absolute atomic E-state index is 0.497. The highest BCUT2D eigenvalue weighted by molar-refractivity contribution is 5.75. The molecule has 0 aliphatic carbocycles. The minimum Gasteiger partial charge on any atom is -0.354 e. The van der Waals surface area contributed by atoms with Crippen molar-refractivity contribution in [3.63, 3.8) is 0 Å². The molecular formula is C29H28N8. The molecule has 0 spiro atoms. The van der Waals surface area contributed by atoms with Crippen LogP contribution >= 0.6 is 0 Å². The van der Waals surface area contributed by atoms with E-state index in [1.807, 2.05) is 36.1 Å². The van der Waals surface area contributed by atoms with E-state index in [1.165, 1.54) is 11.1 Å². The van der Waals surface area contributed by atoms with Crippen molar-refractivity contribution >= 4 is 11.5 Å². The standard InChI is InChI=1S/C29H28N8/c1-21-3-5-22(6-4-21)19-35-9-11-36(12-10-35)28-8-7-23(16-31-28)27-13-24(25-17-33-34(2)20-25)14-29-32-18-26(15-30)37(27)29/h3-8,13-14,16-18,20H,9-12,19H2,1-2H3. The summed E-state index contributed by atoms with van der Waals surface area (Å²) in [5, 5.41) is 14.0. The van der Waals surface area contributed by atoms with Crippen LogP contribution in [0.2, 0.25) is 0 Å². The first-order valence-electron chi connectivity index (χ1n) is 12.5. The monoisotopic (exact) mass is 488 g/mol. The molecule has 1 aromatic carbocycles. The van der Waals surface area contributed by atoms with Gasteiger partial charge in [-0.05, 0) is 42.3 Å². The Morgan fingerprint density at radius 3 is 2.35 bits per heavy atom. The number of aryl methyl sites for hydroxylation is 2. The third-order valence-corrected chi connectivity index (χ3v) is 7.03. The van der Waals surface area contributed by atoms with Crippen molar-refractivity contribution in [1.29, 1.82) is 5.26 Å². The summed E-state index contributed by atoms with van der Waals surface area (Å²) in [5.41, 5.74) is 7.69. The smallest absolute Gasteiger partial charge is 0.145 e. The minimum atomic E-state index is 0.497. The van der Waals surface area contributed by atoms with Gasteiger partial charge < -0.3 is 4.90 Å². The van der Waals surface area contributed by atoms with E-state index in [0.29, 0.717) is 5.69 Å². The van der Waals surface area contributed by atoms with Crippen LogP contribution in [0.4, 0.5) is 5.82 Å². The summed E-state index contributed by atoms with van der Waals surface area (Å²) >= 11 is 0. The van der Waals surface area contributed by atoms with Crippen molar-refractivity contribution in [1.82, 2.24) is 29.0 Å². The summed E-state index contributed by atoms with van der Waals surface area (Å²) in [4.78, 5) is 14.1. The van der Waals surface area contributed by atoms with E-state index in [1.54, 1.807) is 10.9 Å². The van der Waals surface area contributed by atoms with E-state index in [9.17, 15) is 5.26 Å². The van der Waals surface area contributed by atoms with Gasteiger partial charge in [-0.15, -0.1) is 0 Å². The van der Waals surface area contributed by atoms with E-state index in [0.717, 1.165) is 66.6 Å². The molecule has 6 rings (SSSR count). The lowest BCUT2D eigenvalue weighted by molar-refractivity contribution is 0.249. The number of piperazine rings is 1. The summed E-state index contributed by atoms with van der Waals surface area (Å²) < 4.78 is 3.67. The molecule has 0 saturated carbocycles. The fourth-order valence-electron chi connectivity index (χ4n) is 4.95. The van der Waals surface area contributed by atoms with Crippen molar-refractivity contribution in [2.45, 2.75) is 13.5 Å². The third kappa shape index (κ3) is 4.57. The number of fused-ring (bicyclic) bond motifs is 1. The van der Waals surface area contributed by atoms with E-state index < -0.39 is 0 Å². The zero-order chi connectivity index (χ0) is 25.4. The van der Waals surface area contributed by atoms with Crippen molar-refractivity contribution in [2.75, 3.05) is 31.1 Å². The molecule has 0 atom stereocenters. The Morgan fingerprint density at radius 1 is 0.865 bits per heavy atom. The van der Waals surface area contributed by atoms with Gasteiger partial charge in [0.2, 0.25) is 0 Å². The van der Waals surface area contributed by atoms with Gasteiger partial charge in [0.15, 0.2) is 0 Å². The number of benzene rings is 1. The van der Waals surface area contributed by atoms with Crippen LogP contribution in [0, 0.1) is 18.3 Å². The molecule has 8 heteroatoms. The summed E-state index contributed by atoms with van der Waals surface area (Å²) in [7, 11) is 1.90. The van der Waals surface area contributed by atoms with Crippen LogP contribution in [-0.4, -0.2) is 55.2 Å². The summed E-state index contributed by atoms with van der Waals surface area (Å²) in [5.74, 6) is 0.976. The van der Waals surface area contributed by atoms with Crippen molar-refractivity contribution in [3.8, 4) is 28.5 Å². The largest absolute Gasteiger partial charge is 0.354 e. The predicted molar refractivity (Wildman–Crippen MR) is 144 cm³/mol. The lowest BCUT2D eigenvalue weighted by Crippen LogP contribution is -2.46. The second kappa shape index (κ2) is 9.52. The summed E-state index contributed by atoms with van der Waals surface area (Å²) in [6.45, 7) is 7.00.